The van der Waals surface area contributed by atoms with Crippen molar-refractivity contribution in [3.63, 3.8) is 0 Å². The van der Waals surface area contributed by atoms with Gasteiger partial charge >= 0.3 is 11.2 Å². The number of hydrogen-bond donors (Lipinski definition) is 2. The number of halogens is 3. The van der Waals surface area contributed by atoms with Gasteiger partial charge in [-0.2, -0.15) is 13.2 Å². The summed E-state index contributed by atoms with van der Waals surface area (Å²) in [4.78, 5) is 29.4. The smallest absolute Gasteiger partial charge is 0.446 e. The van der Waals surface area contributed by atoms with Crippen LogP contribution in [0.25, 0.3) is 5.69 Å². The van der Waals surface area contributed by atoms with Crippen LogP contribution in [0.2, 0.25) is 0 Å². The lowest BCUT2D eigenvalue weighted by molar-refractivity contribution is -0.0328. The number of thioether (sulfide) groups is 1. The van der Waals surface area contributed by atoms with E-state index in [0.717, 1.165) is 4.57 Å². The van der Waals surface area contributed by atoms with E-state index in [0.29, 0.717) is 16.8 Å². The van der Waals surface area contributed by atoms with Crippen LogP contribution in [0.4, 0.5) is 18.9 Å². The number of alkyl halides is 3. The Morgan fingerprint density at radius 2 is 1.76 bits per heavy atom. The molecule has 0 atom stereocenters. The molecule has 4 aromatic rings. The first-order chi connectivity index (χ1) is 16.2. The number of benzene rings is 2. The van der Waals surface area contributed by atoms with Crippen LogP contribution in [0.5, 0.6) is 5.88 Å². The fraction of sp³-hybridized carbons (Fsp3) is 0.0870. The van der Waals surface area contributed by atoms with Gasteiger partial charge in [0, 0.05) is 16.7 Å². The summed E-state index contributed by atoms with van der Waals surface area (Å²) in [6.45, 7) is 0.00826. The first-order valence-electron chi connectivity index (χ1n) is 9.88. The number of nitrogens with zero attached hydrogens (tertiary/aromatic N) is 3. The number of carbonyl (C=O) groups excluding carboxylic acids is 1. The molecule has 0 saturated heterocycles. The molecule has 0 radical (unpaired) electrons. The zero-order valence-electron chi connectivity index (χ0n) is 17.4. The van der Waals surface area contributed by atoms with Crippen LogP contribution < -0.4 is 11.0 Å². The zero-order chi connectivity index (χ0) is 24.3. The Labute approximate surface area is 195 Å². The summed E-state index contributed by atoms with van der Waals surface area (Å²) < 4.78 is 39.8. The molecule has 174 valence electrons. The van der Waals surface area contributed by atoms with E-state index in [4.69, 9.17) is 0 Å². The molecule has 0 spiro atoms. The normalized spacial score (nSPS) is 11.4. The largest absolute Gasteiger partial charge is 0.493 e. The number of aromatic nitrogens is 3. The molecule has 7 nitrogen and oxygen atoms in total. The summed E-state index contributed by atoms with van der Waals surface area (Å²) >= 11 is -0.271. The second-order valence-electron chi connectivity index (χ2n) is 7.13. The zero-order valence-corrected chi connectivity index (χ0v) is 18.2. The molecule has 0 saturated carbocycles. The van der Waals surface area contributed by atoms with E-state index in [-0.39, 0.29) is 40.7 Å². The summed E-state index contributed by atoms with van der Waals surface area (Å²) in [6, 6.07) is 15.3. The van der Waals surface area contributed by atoms with Crippen molar-refractivity contribution in [2.75, 3.05) is 5.32 Å². The van der Waals surface area contributed by atoms with Gasteiger partial charge in [-0.1, -0.05) is 18.2 Å². The number of hydrogen-bond acceptors (Lipinski definition) is 5. The number of anilines is 1. The Kier molecular flexibility index (Phi) is 6.46. The third kappa shape index (κ3) is 5.31. The summed E-state index contributed by atoms with van der Waals surface area (Å²) in [7, 11) is 0. The maximum absolute atomic E-state index is 12.9. The van der Waals surface area contributed by atoms with Crippen LogP contribution in [0.3, 0.4) is 0 Å². The van der Waals surface area contributed by atoms with E-state index in [1.165, 1.54) is 47.4 Å². The van der Waals surface area contributed by atoms with Gasteiger partial charge in [0.05, 0.1) is 30.3 Å². The SMILES string of the molecule is O=C(Nc1cnccc1Cn1cc(O)n(-c2ccc(SC(F)(F)F)cc2)c1=O)c1ccccc1. The first kappa shape index (κ1) is 23.2. The Bertz CT molecular complexity index is 1370. The summed E-state index contributed by atoms with van der Waals surface area (Å²) in [5.41, 5.74) is -3.42. The van der Waals surface area contributed by atoms with E-state index < -0.39 is 11.2 Å². The van der Waals surface area contributed by atoms with E-state index in [1.807, 2.05) is 0 Å². The molecule has 0 aliphatic rings. The van der Waals surface area contributed by atoms with Gasteiger partial charge in [0.25, 0.3) is 5.91 Å². The molecule has 0 aliphatic heterocycles. The van der Waals surface area contributed by atoms with Crippen LogP contribution >= 0.6 is 11.8 Å². The van der Waals surface area contributed by atoms with Gasteiger partial charge < -0.3 is 10.4 Å². The number of imidazole rings is 1. The van der Waals surface area contributed by atoms with Gasteiger partial charge in [-0.05, 0) is 59.8 Å². The maximum atomic E-state index is 12.9. The lowest BCUT2D eigenvalue weighted by Crippen LogP contribution is -2.24. The van der Waals surface area contributed by atoms with Crippen molar-refractivity contribution in [2.45, 2.75) is 16.9 Å². The molecule has 1 amide bonds. The highest BCUT2D eigenvalue weighted by Crippen LogP contribution is 2.37. The number of aromatic hydroxyl groups is 1. The molecule has 34 heavy (non-hydrogen) atoms. The molecule has 11 heteroatoms. The van der Waals surface area contributed by atoms with Crippen molar-refractivity contribution >= 4 is 23.4 Å². The van der Waals surface area contributed by atoms with E-state index in [1.54, 1.807) is 36.4 Å². The minimum Gasteiger partial charge on any atom is -0.493 e. The molecule has 2 aromatic heterocycles. The van der Waals surface area contributed by atoms with Gasteiger partial charge in [-0.3, -0.25) is 14.3 Å². The van der Waals surface area contributed by atoms with Crippen molar-refractivity contribution in [3.05, 3.63) is 101 Å². The van der Waals surface area contributed by atoms with E-state index in [9.17, 15) is 27.9 Å². The Hall–Kier alpha value is -3.99. The van der Waals surface area contributed by atoms with Crippen molar-refractivity contribution in [2.24, 2.45) is 0 Å². The molecule has 0 fully saturated rings. The molecule has 0 aliphatic carbocycles. The second kappa shape index (κ2) is 9.48. The number of carbonyl (C=O) groups is 1. The number of nitrogens with one attached hydrogen (secondary N) is 1. The van der Waals surface area contributed by atoms with Crippen molar-refractivity contribution in [1.29, 1.82) is 0 Å². The second-order valence-corrected chi connectivity index (χ2v) is 8.27. The van der Waals surface area contributed by atoms with Gasteiger partial charge in [0.15, 0.2) is 0 Å². The van der Waals surface area contributed by atoms with Crippen molar-refractivity contribution in [1.82, 2.24) is 14.1 Å². The number of amides is 1. The molecule has 0 bridgehead atoms. The number of rotatable bonds is 6. The van der Waals surface area contributed by atoms with Crippen LogP contribution in [0.15, 0.2) is 88.9 Å². The van der Waals surface area contributed by atoms with Crippen LogP contribution in [0, 0.1) is 0 Å². The minimum absolute atomic E-state index is 0.00826. The Morgan fingerprint density at radius 3 is 2.44 bits per heavy atom. The highest BCUT2D eigenvalue weighted by atomic mass is 32.2. The summed E-state index contributed by atoms with van der Waals surface area (Å²) in [6.07, 6.45) is 4.17. The molecule has 0 unspecified atom stereocenters. The highest BCUT2D eigenvalue weighted by Gasteiger charge is 2.29. The van der Waals surface area contributed by atoms with Gasteiger partial charge in [-0.15, -0.1) is 0 Å². The van der Waals surface area contributed by atoms with Crippen molar-refractivity contribution in [3.8, 4) is 11.6 Å². The molecule has 2 aromatic carbocycles. The average Bonchev–Trinajstić information content (AvgIpc) is 3.08. The topological polar surface area (TPSA) is 89.2 Å². The average molecular weight is 486 g/mol. The predicted octanol–water partition coefficient (Wildman–Crippen LogP) is 4.65. The van der Waals surface area contributed by atoms with Crippen LogP contribution in [0.1, 0.15) is 15.9 Å². The third-order valence-electron chi connectivity index (χ3n) is 4.80. The summed E-state index contributed by atoms with van der Waals surface area (Å²) in [5, 5.41) is 13.1. The minimum atomic E-state index is -4.43. The van der Waals surface area contributed by atoms with Gasteiger partial charge in [-0.25, -0.2) is 9.36 Å². The third-order valence-corrected chi connectivity index (χ3v) is 5.54. The monoisotopic (exact) mass is 486 g/mol. The first-order valence-corrected chi connectivity index (χ1v) is 10.7. The molecular formula is C23H17F3N4O3S. The fourth-order valence-electron chi connectivity index (χ4n) is 3.27. The predicted molar refractivity (Wildman–Crippen MR) is 121 cm³/mol. The molecule has 2 N–H and O–H groups in total. The fourth-order valence-corrected chi connectivity index (χ4v) is 3.81. The lowest BCUT2D eigenvalue weighted by atomic mass is 10.2. The molecular weight excluding hydrogens is 469 g/mol. The molecule has 2 heterocycles. The van der Waals surface area contributed by atoms with Crippen LogP contribution in [-0.4, -0.2) is 30.6 Å². The van der Waals surface area contributed by atoms with E-state index >= 15 is 0 Å². The Morgan fingerprint density at radius 1 is 1.06 bits per heavy atom. The van der Waals surface area contributed by atoms with Gasteiger partial charge in [0.2, 0.25) is 5.88 Å². The van der Waals surface area contributed by atoms with Crippen LogP contribution in [-0.2, 0) is 6.54 Å². The van der Waals surface area contributed by atoms with Crippen molar-refractivity contribution < 1.29 is 23.1 Å². The standard InChI is InChI=1S/C23H17F3N4O3S/c24-23(25,26)34-18-8-6-17(7-9-18)30-20(31)14-29(22(30)33)13-16-10-11-27-12-19(16)28-21(32)15-4-2-1-3-5-15/h1-12,14,31H,13H2,(H,28,32). The van der Waals surface area contributed by atoms with E-state index in [2.05, 4.69) is 10.3 Å². The maximum Gasteiger partial charge on any atom is 0.446 e. The summed E-state index contributed by atoms with van der Waals surface area (Å²) in [5.74, 6) is -0.732. The Balaban J connectivity index is 1.58. The lowest BCUT2D eigenvalue weighted by Gasteiger charge is -2.11. The number of pyridine rings is 1. The quantitative estimate of drug-likeness (QED) is 0.387. The molecule has 4 rings (SSSR count). The highest BCUT2D eigenvalue weighted by molar-refractivity contribution is 8.00. The van der Waals surface area contributed by atoms with Gasteiger partial charge in [0.1, 0.15) is 0 Å².